The number of hydrogen-bond acceptors (Lipinski definition) is 8. The largest absolute Gasteiger partial charge is 2.00 e. The van der Waals surface area contributed by atoms with Crippen molar-refractivity contribution in [1.29, 1.82) is 0 Å². The molecular formula is C49H46Br2N2O6Pd. The number of benzene rings is 6. The molecule has 0 aromatic heterocycles. The van der Waals surface area contributed by atoms with E-state index in [4.69, 9.17) is 38.4 Å². The predicted octanol–water partition coefficient (Wildman–Crippen LogP) is 4.31. The fraction of sp³-hybridized carbons (Fsp3) is 0.224. The molecule has 0 N–H and O–H groups in total. The van der Waals surface area contributed by atoms with E-state index in [9.17, 15) is 0 Å². The van der Waals surface area contributed by atoms with Gasteiger partial charge in [0, 0.05) is 0 Å². The maximum Gasteiger partial charge on any atom is 2.00 e. The molecule has 6 aromatic carbocycles. The molecule has 0 saturated carbocycles. The van der Waals surface area contributed by atoms with Gasteiger partial charge in [-0.25, -0.2) is 9.98 Å². The van der Waals surface area contributed by atoms with Gasteiger partial charge < -0.3 is 62.4 Å². The monoisotopic (exact) mass is 1020 g/mol. The van der Waals surface area contributed by atoms with Crippen LogP contribution in [0.1, 0.15) is 40.9 Å². The quantitative estimate of drug-likeness (QED) is 0.152. The maximum absolute atomic E-state index is 6.72. The van der Waals surface area contributed by atoms with Gasteiger partial charge in [-0.15, -0.1) is 0 Å². The summed E-state index contributed by atoms with van der Waals surface area (Å²) in [7, 11) is 6.71. The van der Waals surface area contributed by atoms with Crippen molar-refractivity contribution in [1.82, 2.24) is 0 Å². The summed E-state index contributed by atoms with van der Waals surface area (Å²) in [6, 6.07) is 49.3. The number of methoxy groups -OCH3 is 4. The summed E-state index contributed by atoms with van der Waals surface area (Å²) in [5.74, 6) is 4.47. The van der Waals surface area contributed by atoms with Gasteiger partial charge >= 0.3 is 20.4 Å². The molecule has 0 fully saturated rings. The van der Waals surface area contributed by atoms with Crippen LogP contribution in [0.25, 0.3) is 22.3 Å². The first-order chi connectivity index (χ1) is 28.0. The van der Waals surface area contributed by atoms with E-state index in [0.717, 1.165) is 56.4 Å². The Morgan fingerprint density at radius 1 is 0.433 bits per heavy atom. The summed E-state index contributed by atoms with van der Waals surface area (Å²) in [6.45, 7) is 0. The fourth-order valence-corrected chi connectivity index (χ4v) is 7.60. The number of aliphatic imine (C=N–C) groups is 2. The molecule has 0 radical (unpaired) electrons. The average Bonchev–Trinajstić information content (AvgIpc) is 3.86. The smallest absolute Gasteiger partial charge is 1.00 e. The van der Waals surface area contributed by atoms with Gasteiger partial charge in [0.05, 0.1) is 46.9 Å². The molecule has 0 spiro atoms. The third-order valence-electron chi connectivity index (χ3n) is 10.6. The third-order valence-corrected chi connectivity index (χ3v) is 10.6. The molecular weight excluding hydrogens is 979 g/mol. The van der Waals surface area contributed by atoms with Crippen LogP contribution < -0.4 is 52.9 Å². The van der Waals surface area contributed by atoms with Crippen LogP contribution in [-0.2, 0) is 42.7 Å². The van der Waals surface area contributed by atoms with E-state index in [1.54, 1.807) is 28.4 Å². The van der Waals surface area contributed by atoms with E-state index in [1.165, 1.54) is 11.1 Å². The van der Waals surface area contributed by atoms with Gasteiger partial charge in [-0.2, -0.15) is 0 Å². The topological polar surface area (TPSA) is 80.1 Å². The molecule has 2 aliphatic heterocycles. The van der Waals surface area contributed by atoms with E-state index >= 15 is 0 Å². The molecule has 8 rings (SSSR count). The molecule has 6 aromatic rings. The molecule has 0 bridgehead atoms. The molecule has 2 aliphatic rings. The number of rotatable bonds is 14. The first-order valence-corrected chi connectivity index (χ1v) is 19.2. The number of halogens is 2. The zero-order valence-corrected chi connectivity index (χ0v) is 38.4. The molecule has 0 aliphatic carbocycles. The van der Waals surface area contributed by atoms with Gasteiger partial charge in [0.25, 0.3) is 0 Å². The fourth-order valence-electron chi connectivity index (χ4n) is 7.60. The Hall–Kier alpha value is -4.92. The maximum atomic E-state index is 6.72. The van der Waals surface area contributed by atoms with Gasteiger partial charge in [0.2, 0.25) is 0 Å². The van der Waals surface area contributed by atoms with Crippen LogP contribution in [0.15, 0.2) is 156 Å². The molecule has 2 heterocycles. The molecule has 8 nitrogen and oxygen atoms in total. The number of hydrogen-bond donors (Lipinski definition) is 0. The van der Waals surface area contributed by atoms with Crippen molar-refractivity contribution < 1.29 is 82.8 Å². The first-order valence-electron chi connectivity index (χ1n) is 19.2. The minimum Gasteiger partial charge on any atom is -1.00 e. The predicted molar refractivity (Wildman–Crippen MR) is 225 cm³/mol. The van der Waals surface area contributed by atoms with Crippen LogP contribution in [0, 0.1) is 0 Å². The third kappa shape index (κ3) is 10.9. The van der Waals surface area contributed by atoms with Crippen LogP contribution in [0.3, 0.4) is 0 Å². The van der Waals surface area contributed by atoms with Crippen LogP contribution in [0.4, 0.5) is 0 Å². The Kier molecular flexibility index (Phi) is 16.6. The van der Waals surface area contributed by atoms with Crippen LogP contribution in [0.5, 0.6) is 23.0 Å². The van der Waals surface area contributed by atoms with E-state index in [-0.39, 0.29) is 78.7 Å². The van der Waals surface area contributed by atoms with Crippen molar-refractivity contribution >= 4 is 11.8 Å². The van der Waals surface area contributed by atoms with E-state index in [0.29, 0.717) is 31.1 Å². The summed E-state index contributed by atoms with van der Waals surface area (Å²) in [4.78, 5) is 10.4. The summed E-state index contributed by atoms with van der Waals surface area (Å²) in [5, 5.41) is 0. The Morgan fingerprint density at radius 3 is 1.10 bits per heavy atom. The summed E-state index contributed by atoms with van der Waals surface area (Å²) < 4.78 is 35.1. The summed E-state index contributed by atoms with van der Waals surface area (Å²) in [6.07, 6.45) is 1.17. The van der Waals surface area contributed by atoms with Gasteiger partial charge in [-0.05, 0) is 106 Å². The van der Waals surface area contributed by atoms with Crippen molar-refractivity contribution in [3.05, 3.63) is 168 Å². The average molecular weight is 1030 g/mol. The van der Waals surface area contributed by atoms with E-state index in [1.807, 2.05) is 48.5 Å². The van der Waals surface area contributed by atoms with Crippen molar-refractivity contribution in [2.45, 2.75) is 43.6 Å². The Labute approximate surface area is 387 Å². The Morgan fingerprint density at radius 2 is 0.767 bits per heavy atom. The standard InChI is InChI=1S/C49H46N2O6.2BrH.Pd/c1-52-40-19-11-34(12-20-40)38-9-5-7-32(27-38)29-44-48(36-15-23-42(54-3)24-16-36)56-46(50-44)31-47-51-45(49(57-47)37-17-25-43(55-4)26-18-37)30-33-8-6-10-39(28-33)35-13-21-41(53-2)22-14-35;;;/h5-28,44-45,48-49H,29-31H2,1-4H3;2*1H;/q;;;+2/p-2/t44-,45-,48?,49?;;;/m1.../s1. The first kappa shape index (κ1) is 46.2. The zero-order chi connectivity index (χ0) is 39.1. The zero-order valence-electron chi connectivity index (χ0n) is 33.7. The molecule has 4 atom stereocenters. The van der Waals surface area contributed by atoms with Gasteiger partial charge in [0.1, 0.15) is 35.2 Å². The SMILES string of the molecule is COc1ccc(-c2cccc(C[C@H]3N=C(CC4=N[C@H](Cc5cccc(-c6ccc(OC)cc6)c5)C(c5ccc(OC)cc5)O4)OC3c3ccc(OC)cc3)c2)cc1.[Br-].[Br-].[Pd+2]. The molecule has 312 valence electrons. The van der Waals surface area contributed by atoms with Gasteiger partial charge in [-0.3, -0.25) is 0 Å². The van der Waals surface area contributed by atoms with Crippen molar-refractivity contribution in [2.24, 2.45) is 9.98 Å². The number of nitrogens with zero attached hydrogens (tertiary/aromatic N) is 2. The Bertz CT molecular complexity index is 2190. The second kappa shape index (κ2) is 21.6. The van der Waals surface area contributed by atoms with E-state index < -0.39 is 0 Å². The second-order valence-electron chi connectivity index (χ2n) is 14.2. The molecule has 0 amide bonds. The van der Waals surface area contributed by atoms with Crippen molar-refractivity contribution in [3.8, 4) is 45.3 Å². The molecule has 0 saturated heterocycles. The van der Waals surface area contributed by atoms with Crippen LogP contribution in [0.2, 0.25) is 0 Å². The van der Waals surface area contributed by atoms with Crippen LogP contribution >= 0.6 is 0 Å². The summed E-state index contributed by atoms with van der Waals surface area (Å²) in [5.41, 5.74) is 8.94. The number of ether oxygens (including phenoxy) is 6. The van der Waals surface area contributed by atoms with Gasteiger partial charge in [0.15, 0.2) is 11.8 Å². The normalized spacial score (nSPS) is 17.6. The second-order valence-corrected chi connectivity index (χ2v) is 14.2. The molecule has 2 unspecified atom stereocenters. The van der Waals surface area contributed by atoms with Gasteiger partial charge in [-0.1, -0.05) is 97.1 Å². The van der Waals surface area contributed by atoms with Crippen molar-refractivity contribution in [3.63, 3.8) is 0 Å². The van der Waals surface area contributed by atoms with Crippen molar-refractivity contribution in [2.75, 3.05) is 28.4 Å². The molecule has 60 heavy (non-hydrogen) atoms. The van der Waals surface area contributed by atoms with E-state index in [2.05, 4.69) is 97.1 Å². The minimum atomic E-state index is -0.286. The summed E-state index contributed by atoms with van der Waals surface area (Å²) >= 11 is 0. The van der Waals surface area contributed by atoms with Crippen LogP contribution in [-0.4, -0.2) is 52.3 Å². The minimum absolute atomic E-state index is 0. The molecule has 11 heteroatoms. The Balaban J connectivity index is 0.00000228.